The first-order valence-electron chi connectivity index (χ1n) is 6.52. The van der Waals surface area contributed by atoms with E-state index in [0.717, 1.165) is 12.1 Å². The van der Waals surface area contributed by atoms with Crippen LogP contribution in [0.1, 0.15) is 17.5 Å². The molecule has 0 spiro atoms. The second kappa shape index (κ2) is 6.51. The summed E-state index contributed by atoms with van der Waals surface area (Å²) in [7, 11) is 3.30. The van der Waals surface area contributed by atoms with E-state index in [0.29, 0.717) is 18.6 Å². The van der Waals surface area contributed by atoms with Crippen molar-refractivity contribution in [3.63, 3.8) is 0 Å². The van der Waals surface area contributed by atoms with Crippen LogP contribution in [-0.4, -0.2) is 43.7 Å². The molecule has 1 aromatic carbocycles. The van der Waals surface area contributed by atoms with E-state index in [1.54, 1.807) is 12.1 Å². The third kappa shape index (κ3) is 3.35. The van der Waals surface area contributed by atoms with Crippen LogP contribution in [0.2, 0.25) is 0 Å². The van der Waals surface area contributed by atoms with Crippen molar-refractivity contribution in [2.24, 2.45) is 0 Å². The molecule has 0 saturated carbocycles. The monoisotopic (exact) mass is 274 g/mol. The number of likely N-dealkylation sites (N-methyl/N-ethyl adjacent to an activating group) is 1. The van der Waals surface area contributed by atoms with Gasteiger partial charge >= 0.3 is 5.97 Å². The molecule has 1 heterocycles. The molecule has 20 heavy (non-hydrogen) atoms. The molecule has 5 heteroatoms. The van der Waals surface area contributed by atoms with Gasteiger partial charge in [-0.25, -0.2) is 0 Å². The largest absolute Gasteiger partial charge is 0.468 e. The predicted octanol–water partition coefficient (Wildman–Crippen LogP) is 1.32. The summed E-state index contributed by atoms with van der Waals surface area (Å²) in [5, 5.41) is 8.73. The van der Waals surface area contributed by atoms with E-state index in [9.17, 15) is 4.79 Å². The fraction of sp³-hybridized carbons (Fsp3) is 0.467. The van der Waals surface area contributed by atoms with Crippen LogP contribution < -0.4 is 0 Å². The minimum absolute atomic E-state index is 0.0275. The van der Waals surface area contributed by atoms with Crippen LogP contribution in [0.25, 0.3) is 0 Å². The molecule has 0 bridgehead atoms. The molecule has 0 amide bonds. The van der Waals surface area contributed by atoms with Crippen LogP contribution in [0.15, 0.2) is 24.3 Å². The molecule has 0 aliphatic carbocycles. The quantitative estimate of drug-likeness (QED) is 0.775. The Labute approximate surface area is 118 Å². The van der Waals surface area contributed by atoms with Crippen LogP contribution >= 0.6 is 0 Å². The molecule has 5 nitrogen and oxygen atoms in total. The van der Waals surface area contributed by atoms with Crippen LogP contribution in [0, 0.1) is 11.3 Å². The normalized spacial score (nSPS) is 22.4. The van der Waals surface area contributed by atoms with Crippen molar-refractivity contribution in [2.45, 2.75) is 25.2 Å². The summed E-state index contributed by atoms with van der Waals surface area (Å²) in [6, 6.07) is 9.18. The number of rotatable bonds is 4. The number of carbonyl (C=O) groups is 1. The Morgan fingerprint density at radius 1 is 1.45 bits per heavy atom. The van der Waals surface area contributed by atoms with Crippen molar-refractivity contribution in [1.82, 2.24) is 4.90 Å². The molecule has 1 aliphatic rings. The van der Waals surface area contributed by atoms with Crippen molar-refractivity contribution in [1.29, 1.82) is 5.26 Å². The molecular weight excluding hydrogens is 256 g/mol. The highest BCUT2D eigenvalue weighted by Crippen LogP contribution is 2.20. The van der Waals surface area contributed by atoms with Crippen molar-refractivity contribution in [3.05, 3.63) is 35.4 Å². The van der Waals surface area contributed by atoms with Gasteiger partial charge in [-0.2, -0.15) is 5.26 Å². The van der Waals surface area contributed by atoms with Crippen LogP contribution in [0.5, 0.6) is 0 Å². The van der Waals surface area contributed by atoms with E-state index < -0.39 is 0 Å². The summed E-state index contributed by atoms with van der Waals surface area (Å²) in [6.07, 6.45) is 0.680. The summed E-state index contributed by atoms with van der Waals surface area (Å²) in [4.78, 5) is 13.5. The average Bonchev–Trinajstić information content (AvgIpc) is 2.86. The number of nitriles is 1. The summed E-state index contributed by atoms with van der Waals surface area (Å²) >= 11 is 0. The molecule has 1 fully saturated rings. The Morgan fingerprint density at radius 3 is 2.75 bits per heavy atom. The number of hydrogen-bond donors (Lipinski definition) is 0. The SMILES string of the molecule is COC(=O)[C@@H]1C[C@H](OCc2ccc(C#N)cc2)CN1C. The zero-order valence-electron chi connectivity index (χ0n) is 11.7. The van der Waals surface area contributed by atoms with Gasteiger partial charge in [-0.15, -0.1) is 0 Å². The molecular formula is C15H18N2O3. The second-order valence-electron chi connectivity index (χ2n) is 4.96. The highest BCUT2D eigenvalue weighted by Gasteiger charge is 2.35. The first-order chi connectivity index (χ1) is 9.63. The van der Waals surface area contributed by atoms with Crippen LogP contribution in [0.4, 0.5) is 0 Å². The smallest absolute Gasteiger partial charge is 0.323 e. The molecule has 2 atom stereocenters. The van der Waals surface area contributed by atoms with Gasteiger partial charge in [-0.3, -0.25) is 9.69 Å². The van der Waals surface area contributed by atoms with E-state index in [1.807, 2.05) is 24.1 Å². The minimum atomic E-state index is -0.217. The lowest BCUT2D eigenvalue weighted by atomic mass is 10.1. The highest BCUT2D eigenvalue weighted by molar-refractivity contribution is 5.76. The number of methoxy groups -OCH3 is 1. The number of nitrogens with zero attached hydrogens (tertiary/aromatic N) is 2. The van der Waals surface area contributed by atoms with E-state index in [-0.39, 0.29) is 18.1 Å². The Balaban J connectivity index is 1.86. The van der Waals surface area contributed by atoms with Gasteiger partial charge in [0.15, 0.2) is 0 Å². The van der Waals surface area contributed by atoms with Gasteiger partial charge in [0.2, 0.25) is 0 Å². The molecule has 0 N–H and O–H groups in total. The maximum absolute atomic E-state index is 11.6. The molecule has 0 unspecified atom stereocenters. The molecule has 1 saturated heterocycles. The average molecular weight is 274 g/mol. The topological polar surface area (TPSA) is 62.6 Å². The van der Waals surface area contributed by atoms with E-state index in [2.05, 4.69) is 6.07 Å². The van der Waals surface area contributed by atoms with Gasteiger partial charge in [0.05, 0.1) is 31.5 Å². The van der Waals surface area contributed by atoms with E-state index in [1.165, 1.54) is 7.11 Å². The van der Waals surface area contributed by atoms with E-state index in [4.69, 9.17) is 14.7 Å². The fourth-order valence-corrected chi connectivity index (χ4v) is 2.37. The second-order valence-corrected chi connectivity index (χ2v) is 4.96. The first kappa shape index (κ1) is 14.5. The Bertz CT molecular complexity index is 507. The number of likely N-dealkylation sites (tertiary alicyclic amines) is 1. The number of hydrogen-bond acceptors (Lipinski definition) is 5. The van der Waals surface area contributed by atoms with Gasteiger partial charge < -0.3 is 9.47 Å². The zero-order chi connectivity index (χ0) is 14.5. The van der Waals surface area contributed by atoms with Crippen LogP contribution in [-0.2, 0) is 20.9 Å². The third-order valence-corrected chi connectivity index (χ3v) is 3.55. The fourth-order valence-electron chi connectivity index (χ4n) is 2.37. The van der Waals surface area contributed by atoms with Gasteiger partial charge in [0.25, 0.3) is 0 Å². The number of esters is 1. The summed E-state index contributed by atoms with van der Waals surface area (Å²) < 4.78 is 10.6. The number of ether oxygens (including phenoxy) is 2. The van der Waals surface area contributed by atoms with Crippen molar-refractivity contribution in [2.75, 3.05) is 20.7 Å². The lowest BCUT2D eigenvalue weighted by Gasteiger charge is -2.15. The molecule has 0 aromatic heterocycles. The Kier molecular flexibility index (Phi) is 4.72. The van der Waals surface area contributed by atoms with Crippen molar-refractivity contribution < 1.29 is 14.3 Å². The standard InChI is InChI=1S/C15H18N2O3/c1-17-9-13(7-14(17)15(18)19-2)20-10-12-5-3-11(8-16)4-6-12/h3-6,13-14H,7,9-10H2,1-2H3/t13-,14-/m0/s1. The Morgan fingerprint density at radius 2 is 2.15 bits per heavy atom. The van der Waals surface area contributed by atoms with Crippen molar-refractivity contribution >= 4 is 5.97 Å². The summed E-state index contributed by atoms with van der Waals surface area (Å²) in [5.41, 5.74) is 1.66. The van der Waals surface area contributed by atoms with E-state index >= 15 is 0 Å². The first-order valence-corrected chi connectivity index (χ1v) is 6.52. The number of carbonyl (C=O) groups excluding carboxylic acids is 1. The maximum atomic E-state index is 11.6. The lowest BCUT2D eigenvalue weighted by molar-refractivity contribution is -0.145. The maximum Gasteiger partial charge on any atom is 0.323 e. The van der Waals surface area contributed by atoms with Gasteiger partial charge in [-0.05, 0) is 24.7 Å². The third-order valence-electron chi connectivity index (χ3n) is 3.55. The molecule has 2 rings (SSSR count). The van der Waals surface area contributed by atoms with Crippen LogP contribution in [0.3, 0.4) is 0 Å². The number of benzene rings is 1. The molecule has 106 valence electrons. The molecule has 1 aromatic rings. The molecule has 1 aliphatic heterocycles. The van der Waals surface area contributed by atoms with Gasteiger partial charge in [0.1, 0.15) is 6.04 Å². The summed E-state index contributed by atoms with van der Waals surface area (Å²) in [6.45, 7) is 1.20. The Hall–Kier alpha value is -1.90. The van der Waals surface area contributed by atoms with Crippen molar-refractivity contribution in [3.8, 4) is 6.07 Å². The molecule has 0 radical (unpaired) electrons. The lowest BCUT2D eigenvalue weighted by Crippen LogP contribution is -2.33. The minimum Gasteiger partial charge on any atom is -0.468 e. The zero-order valence-corrected chi connectivity index (χ0v) is 11.7. The van der Waals surface area contributed by atoms with Gasteiger partial charge in [0, 0.05) is 13.0 Å². The predicted molar refractivity (Wildman–Crippen MR) is 72.8 cm³/mol. The van der Waals surface area contributed by atoms with Gasteiger partial charge in [-0.1, -0.05) is 12.1 Å². The summed E-state index contributed by atoms with van der Waals surface area (Å²) in [5.74, 6) is -0.211. The highest BCUT2D eigenvalue weighted by atomic mass is 16.5.